The number of carbonyl (C=O) groups excluding carboxylic acids is 2. The van der Waals surface area contributed by atoms with Crippen LogP contribution in [0.3, 0.4) is 0 Å². The molecule has 0 radical (unpaired) electrons. The van der Waals surface area contributed by atoms with Crippen LogP contribution in [-0.2, 0) is 35.4 Å². The predicted octanol–water partition coefficient (Wildman–Crippen LogP) is 7.80. The summed E-state index contributed by atoms with van der Waals surface area (Å²) in [7, 11) is 0. The minimum absolute atomic E-state index is 0.0210. The first-order valence-corrected chi connectivity index (χ1v) is 20.6. The number of hydrogen-bond donors (Lipinski definition) is 2. The monoisotopic (exact) mass is 807 g/mol. The molecule has 0 atom stereocenters. The maximum absolute atomic E-state index is 12.9. The summed E-state index contributed by atoms with van der Waals surface area (Å²) in [4.78, 5) is 36.8. The molecule has 0 spiro atoms. The van der Waals surface area contributed by atoms with Crippen molar-refractivity contribution < 1.29 is 57.7 Å². The van der Waals surface area contributed by atoms with Gasteiger partial charge in [0.2, 0.25) is 0 Å². The van der Waals surface area contributed by atoms with Crippen molar-refractivity contribution in [2.24, 2.45) is 0 Å². The van der Waals surface area contributed by atoms with E-state index in [0.29, 0.717) is 35.0 Å². The van der Waals surface area contributed by atoms with Crippen LogP contribution in [0.15, 0.2) is 121 Å². The quantitative estimate of drug-likeness (QED) is 0.0972. The van der Waals surface area contributed by atoms with Gasteiger partial charge in [-0.1, -0.05) is 18.2 Å². The maximum atomic E-state index is 12.9. The van der Waals surface area contributed by atoms with Crippen molar-refractivity contribution in [3.8, 4) is 28.4 Å². The van der Waals surface area contributed by atoms with Crippen LogP contribution >= 0.6 is 12.0 Å². The van der Waals surface area contributed by atoms with E-state index in [9.17, 15) is 19.5 Å². The van der Waals surface area contributed by atoms with Gasteiger partial charge < -0.3 is 15.2 Å². The van der Waals surface area contributed by atoms with E-state index >= 15 is 0 Å². The van der Waals surface area contributed by atoms with E-state index in [0.717, 1.165) is 26.2 Å². The Balaban J connectivity index is 1.20. The molecule has 8 nitrogen and oxygen atoms in total. The fraction of sp³-hybridized carbons (Fsp3) is 0.0571. The Kier molecular flexibility index (Phi) is 10.9. The molecule has 5 rings (SSSR count). The van der Waals surface area contributed by atoms with Crippen molar-refractivity contribution in [2.45, 2.75) is 6.61 Å². The second-order valence-electron chi connectivity index (χ2n) is 9.89. The van der Waals surface area contributed by atoms with Gasteiger partial charge in [0, 0.05) is 5.56 Å². The van der Waals surface area contributed by atoms with Crippen LogP contribution in [0.5, 0.6) is 17.2 Å². The first kappa shape index (κ1) is 31.8. The van der Waals surface area contributed by atoms with Crippen molar-refractivity contribution in [3.63, 3.8) is 0 Å². The number of aromatic carboxylic acids is 1. The molecule has 10 heteroatoms. The minimum atomic E-state index is -1.95. The number of carboxylic acid groups (broad SMARTS) is 1. The van der Waals surface area contributed by atoms with E-state index in [1.54, 1.807) is 48.7 Å². The van der Waals surface area contributed by atoms with Gasteiger partial charge in [0.25, 0.3) is 5.91 Å². The van der Waals surface area contributed by atoms with Crippen molar-refractivity contribution >= 4 is 36.2 Å². The zero-order valence-corrected chi connectivity index (χ0v) is 30.6. The van der Waals surface area contributed by atoms with Crippen LogP contribution in [0, 0.1) is 0 Å². The van der Waals surface area contributed by atoms with Gasteiger partial charge in [0.05, 0.1) is 11.3 Å². The third-order valence-corrected chi connectivity index (χ3v) is 13.0. The van der Waals surface area contributed by atoms with Gasteiger partial charge in [-0.25, -0.2) is 4.79 Å². The Labute approximate surface area is 277 Å². The van der Waals surface area contributed by atoms with Crippen molar-refractivity contribution in [1.29, 1.82) is 0 Å². The summed E-state index contributed by atoms with van der Waals surface area (Å²) in [6.07, 6.45) is 1.73. The summed E-state index contributed by atoms with van der Waals surface area (Å²) in [5, 5.41) is 12.6. The molecule has 0 fully saturated rings. The topological polar surface area (TPSA) is 111 Å². The molecular weight excluding hydrogens is 779 g/mol. The van der Waals surface area contributed by atoms with Gasteiger partial charge in [-0.2, -0.15) is 0 Å². The Hall–Kier alpha value is -4.60. The Morgan fingerprint density at radius 1 is 0.756 bits per heavy atom. The Morgan fingerprint density at radius 3 is 2.07 bits per heavy atom. The number of para-hydroxylation sites is 1. The number of amides is 1. The van der Waals surface area contributed by atoms with E-state index in [2.05, 4.69) is 5.32 Å². The number of hydrogen-bond acceptors (Lipinski definition) is 7. The normalized spacial score (nSPS) is 10.3. The molecule has 0 saturated carbocycles. The van der Waals surface area contributed by atoms with Gasteiger partial charge in [-0.05, 0) is 42.5 Å². The second-order valence-corrected chi connectivity index (χ2v) is 17.2. The molecule has 1 amide bonds. The molecule has 0 unspecified atom stereocenters. The molecule has 0 heterocycles. The number of nitrogens with one attached hydrogen (secondary N) is 1. The summed E-state index contributed by atoms with van der Waals surface area (Å²) in [6, 6.07) is 36.0. The molecule has 5 aromatic carbocycles. The molecule has 0 aliphatic heterocycles. The summed E-state index contributed by atoms with van der Waals surface area (Å²) in [6.45, 7) is 0.350. The predicted molar refractivity (Wildman–Crippen MR) is 170 cm³/mol. The molecule has 0 aliphatic rings. The second kappa shape index (κ2) is 15.4. The van der Waals surface area contributed by atoms with Gasteiger partial charge in [0.15, 0.2) is 0 Å². The molecule has 222 valence electrons. The zero-order valence-electron chi connectivity index (χ0n) is 24.3. The van der Waals surface area contributed by atoms with Crippen LogP contribution in [0.1, 0.15) is 26.3 Å². The van der Waals surface area contributed by atoms with Crippen LogP contribution in [0.4, 0.5) is 10.5 Å². The molecule has 0 aliphatic carbocycles. The fourth-order valence-corrected chi connectivity index (χ4v) is 9.89. The van der Waals surface area contributed by atoms with Gasteiger partial charge in [0.1, 0.15) is 11.5 Å². The molecular formula is C35H27HgNO7S. The SMILES string of the molecule is CSO[C](=O)[Hg][c]1ccc(OCc2ccc(-c3ccc(NC(=O)c4ccc(Oc5ccccc5)cc4)c(C(=O)O)c3)cc2)cc1. The Morgan fingerprint density at radius 2 is 1.40 bits per heavy atom. The van der Waals surface area contributed by atoms with Gasteiger partial charge in [-0.15, -0.1) is 0 Å². The average Bonchev–Trinajstić information content (AvgIpc) is 3.06. The van der Waals surface area contributed by atoms with Crippen molar-refractivity contribution in [3.05, 3.63) is 138 Å². The molecule has 45 heavy (non-hydrogen) atoms. The third-order valence-electron chi connectivity index (χ3n) is 6.73. The molecule has 0 bridgehead atoms. The standard InChI is InChI=1S/C33H24NO5.C2H3O2S.Hg/c35-32(25-15-18-29(19-16-25)39-28-9-5-2-6-10-28)34-31-20-17-26(21-30(31)33(36)37)24-13-11-23(12-14-24)22-38-27-7-3-1-4-8-27;1-5-4-2-3;/h2-21H,22H2,(H,34,35)(H,36,37);1H3;. The average molecular weight is 806 g/mol. The number of carboxylic acids is 1. The summed E-state index contributed by atoms with van der Waals surface area (Å²) in [5.41, 5.74) is 3.00. The first-order chi connectivity index (χ1) is 21.9. The van der Waals surface area contributed by atoms with E-state index in [-0.39, 0.29) is 14.7 Å². The number of rotatable bonds is 12. The van der Waals surface area contributed by atoms with Crippen LogP contribution in [-0.4, -0.2) is 26.7 Å². The van der Waals surface area contributed by atoms with Gasteiger partial charge in [-0.3, -0.25) is 4.79 Å². The fourth-order valence-electron chi connectivity index (χ4n) is 4.46. The zero-order chi connectivity index (χ0) is 31.6. The molecule has 0 aromatic heterocycles. The van der Waals surface area contributed by atoms with E-state index in [1.165, 1.54) is 0 Å². The first-order valence-electron chi connectivity index (χ1n) is 13.9. The molecule has 0 saturated heterocycles. The Bertz CT molecular complexity index is 1780. The molecule has 5 aromatic rings. The molecule has 2 N–H and O–H groups in total. The van der Waals surface area contributed by atoms with Crippen molar-refractivity contribution in [2.75, 3.05) is 11.6 Å². The van der Waals surface area contributed by atoms with Gasteiger partial charge >= 0.3 is 159 Å². The van der Waals surface area contributed by atoms with Crippen LogP contribution < -0.4 is 17.9 Å². The van der Waals surface area contributed by atoms with Crippen LogP contribution in [0.25, 0.3) is 11.1 Å². The summed E-state index contributed by atoms with van der Waals surface area (Å²) in [5.74, 6) is 0.376. The van der Waals surface area contributed by atoms with E-state index in [4.69, 9.17) is 13.7 Å². The number of benzene rings is 5. The number of ether oxygens (including phenoxy) is 2. The number of carbonyl (C=O) groups is 3. The van der Waals surface area contributed by atoms with Crippen molar-refractivity contribution in [1.82, 2.24) is 0 Å². The van der Waals surface area contributed by atoms with E-state index in [1.807, 2.05) is 78.9 Å². The third kappa shape index (κ3) is 8.96. The van der Waals surface area contributed by atoms with E-state index < -0.39 is 36.5 Å². The van der Waals surface area contributed by atoms with Crippen LogP contribution in [0.2, 0.25) is 0 Å². The summed E-state index contributed by atoms with van der Waals surface area (Å²) >= 11 is -0.873. The summed E-state index contributed by atoms with van der Waals surface area (Å²) < 4.78 is 17.6. The number of anilines is 1.